The quantitative estimate of drug-likeness (QED) is 0.895. The number of carbonyl (C=O) groups excluding carboxylic acids is 1. The van der Waals surface area contributed by atoms with E-state index in [-0.39, 0.29) is 12.5 Å². The van der Waals surface area contributed by atoms with E-state index >= 15 is 0 Å². The third-order valence-corrected chi connectivity index (χ3v) is 4.94. The van der Waals surface area contributed by atoms with Gasteiger partial charge in [0, 0.05) is 18.1 Å². The molecule has 0 radical (unpaired) electrons. The SMILES string of the molecule is Cc1cnc(NC(=O)N(C)C2(CC(=O)O)CCCCC2)s1. The van der Waals surface area contributed by atoms with Crippen LogP contribution in [0.25, 0.3) is 0 Å². The number of nitrogens with one attached hydrogen (secondary N) is 1. The molecule has 0 atom stereocenters. The minimum absolute atomic E-state index is 0.00613. The number of aromatic nitrogens is 1. The van der Waals surface area contributed by atoms with Gasteiger partial charge in [-0.15, -0.1) is 11.3 Å². The summed E-state index contributed by atoms with van der Waals surface area (Å²) in [5, 5.41) is 12.5. The largest absolute Gasteiger partial charge is 0.481 e. The molecule has 2 amide bonds. The molecule has 0 unspecified atom stereocenters. The molecule has 1 aliphatic carbocycles. The summed E-state index contributed by atoms with van der Waals surface area (Å²) in [4.78, 5) is 30.3. The van der Waals surface area contributed by atoms with Gasteiger partial charge in [0.1, 0.15) is 0 Å². The van der Waals surface area contributed by atoms with Gasteiger partial charge in [0.05, 0.1) is 12.0 Å². The number of aliphatic carboxylic acids is 1. The number of thiazole rings is 1. The van der Waals surface area contributed by atoms with Crippen molar-refractivity contribution in [3.8, 4) is 0 Å². The number of urea groups is 1. The lowest BCUT2D eigenvalue weighted by molar-refractivity contribution is -0.140. The molecule has 7 heteroatoms. The Kier molecular flexibility index (Phi) is 4.82. The molecule has 1 saturated carbocycles. The minimum atomic E-state index is -0.860. The first-order chi connectivity index (χ1) is 9.93. The highest BCUT2D eigenvalue weighted by Gasteiger charge is 2.40. The van der Waals surface area contributed by atoms with Crippen LogP contribution < -0.4 is 5.32 Å². The monoisotopic (exact) mass is 311 g/mol. The first-order valence-corrected chi connectivity index (χ1v) is 7.94. The fourth-order valence-electron chi connectivity index (χ4n) is 2.93. The van der Waals surface area contributed by atoms with E-state index in [1.54, 1.807) is 18.1 Å². The molecule has 6 nitrogen and oxygen atoms in total. The van der Waals surface area contributed by atoms with E-state index in [0.717, 1.165) is 37.0 Å². The highest BCUT2D eigenvalue weighted by Crippen LogP contribution is 2.36. The van der Waals surface area contributed by atoms with E-state index in [2.05, 4.69) is 10.3 Å². The molecule has 0 bridgehead atoms. The van der Waals surface area contributed by atoms with Crippen LogP contribution in [0, 0.1) is 6.92 Å². The van der Waals surface area contributed by atoms with Gasteiger partial charge in [-0.25, -0.2) is 9.78 Å². The summed E-state index contributed by atoms with van der Waals surface area (Å²) < 4.78 is 0. The van der Waals surface area contributed by atoms with Crippen LogP contribution in [0.15, 0.2) is 6.20 Å². The smallest absolute Gasteiger partial charge is 0.323 e. The topological polar surface area (TPSA) is 82.5 Å². The Hall–Kier alpha value is -1.63. The highest BCUT2D eigenvalue weighted by molar-refractivity contribution is 7.15. The number of carboxylic acids is 1. The molecule has 21 heavy (non-hydrogen) atoms. The van der Waals surface area contributed by atoms with Crippen LogP contribution in [0.2, 0.25) is 0 Å². The molecule has 0 saturated heterocycles. The van der Waals surface area contributed by atoms with E-state index in [1.165, 1.54) is 11.3 Å². The molecule has 116 valence electrons. The molecule has 2 N–H and O–H groups in total. The highest BCUT2D eigenvalue weighted by atomic mass is 32.1. The summed E-state index contributed by atoms with van der Waals surface area (Å²) in [5.74, 6) is -0.860. The number of hydrogen-bond acceptors (Lipinski definition) is 4. The van der Waals surface area contributed by atoms with E-state index < -0.39 is 11.5 Å². The Labute approximate surface area is 128 Å². The number of amides is 2. The Bertz CT molecular complexity index is 523. The zero-order valence-electron chi connectivity index (χ0n) is 12.4. The van der Waals surface area contributed by atoms with E-state index in [9.17, 15) is 14.7 Å². The molecule has 1 aliphatic rings. The van der Waals surface area contributed by atoms with Gasteiger partial charge in [0.2, 0.25) is 0 Å². The molecule has 1 heterocycles. The molecular weight excluding hydrogens is 290 g/mol. The van der Waals surface area contributed by atoms with Crippen molar-refractivity contribution in [2.45, 2.75) is 51.0 Å². The second-order valence-corrected chi connectivity index (χ2v) is 6.86. The Morgan fingerprint density at radius 2 is 2.10 bits per heavy atom. The lowest BCUT2D eigenvalue weighted by Gasteiger charge is -2.43. The third kappa shape index (κ3) is 3.72. The minimum Gasteiger partial charge on any atom is -0.481 e. The number of carboxylic acid groups (broad SMARTS) is 1. The summed E-state index contributed by atoms with van der Waals surface area (Å²) >= 11 is 1.41. The Morgan fingerprint density at radius 1 is 1.43 bits per heavy atom. The van der Waals surface area contributed by atoms with Crippen molar-refractivity contribution >= 4 is 28.5 Å². The van der Waals surface area contributed by atoms with Crippen molar-refractivity contribution < 1.29 is 14.7 Å². The molecule has 2 rings (SSSR count). The van der Waals surface area contributed by atoms with Gasteiger partial charge in [-0.05, 0) is 19.8 Å². The maximum atomic E-state index is 12.4. The van der Waals surface area contributed by atoms with Crippen LogP contribution in [-0.2, 0) is 4.79 Å². The summed E-state index contributed by atoms with van der Waals surface area (Å²) in [5.41, 5.74) is -0.583. The fraction of sp³-hybridized carbons (Fsp3) is 0.643. The van der Waals surface area contributed by atoms with Crippen molar-refractivity contribution in [3.05, 3.63) is 11.1 Å². The van der Waals surface area contributed by atoms with E-state index in [4.69, 9.17) is 0 Å². The Morgan fingerprint density at radius 3 is 2.62 bits per heavy atom. The number of aryl methyl sites for hydroxylation is 1. The number of nitrogens with zero attached hydrogens (tertiary/aromatic N) is 2. The van der Waals surface area contributed by atoms with E-state index in [1.807, 2.05) is 6.92 Å². The van der Waals surface area contributed by atoms with Gasteiger partial charge in [-0.3, -0.25) is 10.1 Å². The van der Waals surface area contributed by atoms with Crippen LogP contribution in [0.3, 0.4) is 0 Å². The van der Waals surface area contributed by atoms with Gasteiger partial charge < -0.3 is 10.0 Å². The Balaban J connectivity index is 2.11. The number of carbonyl (C=O) groups is 2. The van der Waals surface area contributed by atoms with Gasteiger partial charge in [0.15, 0.2) is 5.13 Å². The van der Waals surface area contributed by atoms with Crippen LogP contribution in [0.5, 0.6) is 0 Å². The standard InChI is InChI=1S/C14H21N3O3S/c1-10-9-15-12(21-10)16-13(20)17(2)14(8-11(18)19)6-4-3-5-7-14/h9H,3-8H2,1-2H3,(H,18,19)(H,15,16,20). The molecule has 1 aromatic rings. The van der Waals surface area contributed by atoms with Crippen molar-refractivity contribution in [2.24, 2.45) is 0 Å². The van der Waals surface area contributed by atoms with Gasteiger partial charge in [-0.1, -0.05) is 19.3 Å². The average molecular weight is 311 g/mol. The van der Waals surface area contributed by atoms with E-state index in [0.29, 0.717) is 5.13 Å². The summed E-state index contributed by atoms with van der Waals surface area (Å²) in [6.45, 7) is 1.92. The number of hydrogen-bond donors (Lipinski definition) is 2. The first kappa shape index (κ1) is 15.8. The summed E-state index contributed by atoms with van der Waals surface area (Å²) in [7, 11) is 1.68. The number of rotatable bonds is 4. The zero-order valence-corrected chi connectivity index (χ0v) is 13.2. The van der Waals surface area contributed by atoms with Gasteiger partial charge in [-0.2, -0.15) is 0 Å². The molecule has 1 aromatic heterocycles. The summed E-state index contributed by atoms with van der Waals surface area (Å²) in [6.07, 6.45) is 6.19. The normalized spacial score (nSPS) is 17.2. The third-order valence-electron chi connectivity index (χ3n) is 4.12. The predicted octanol–water partition coefficient (Wildman–Crippen LogP) is 3.09. The van der Waals surface area contributed by atoms with Crippen molar-refractivity contribution in [2.75, 3.05) is 12.4 Å². The van der Waals surface area contributed by atoms with Crippen molar-refractivity contribution in [1.82, 2.24) is 9.88 Å². The molecule has 0 spiro atoms. The first-order valence-electron chi connectivity index (χ1n) is 7.12. The maximum Gasteiger partial charge on any atom is 0.323 e. The van der Waals surface area contributed by atoms with Gasteiger partial charge in [0.25, 0.3) is 0 Å². The average Bonchev–Trinajstić information content (AvgIpc) is 2.83. The predicted molar refractivity (Wildman–Crippen MR) is 81.7 cm³/mol. The lowest BCUT2D eigenvalue weighted by Crippen LogP contribution is -2.53. The molecule has 1 fully saturated rings. The molecule has 0 aliphatic heterocycles. The molecule has 0 aromatic carbocycles. The van der Waals surface area contributed by atoms with Crippen LogP contribution in [0.4, 0.5) is 9.93 Å². The van der Waals surface area contributed by atoms with Crippen LogP contribution in [0.1, 0.15) is 43.4 Å². The fourth-order valence-corrected chi connectivity index (χ4v) is 3.58. The van der Waals surface area contributed by atoms with Crippen LogP contribution >= 0.6 is 11.3 Å². The lowest BCUT2D eigenvalue weighted by atomic mass is 9.78. The zero-order chi connectivity index (χ0) is 15.5. The second-order valence-electron chi connectivity index (χ2n) is 5.62. The van der Waals surface area contributed by atoms with Crippen LogP contribution in [-0.4, -0.2) is 39.6 Å². The molecular formula is C14H21N3O3S. The maximum absolute atomic E-state index is 12.4. The van der Waals surface area contributed by atoms with Crippen molar-refractivity contribution in [1.29, 1.82) is 0 Å². The summed E-state index contributed by atoms with van der Waals surface area (Å²) in [6, 6.07) is -0.285. The number of anilines is 1. The second kappa shape index (κ2) is 6.43. The van der Waals surface area contributed by atoms with Crippen molar-refractivity contribution in [3.63, 3.8) is 0 Å². The van der Waals surface area contributed by atoms with Gasteiger partial charge >= 0.3 is 12.0 Å².